The van der Waals surface area contributed by atoms with Crippen LogP contribution < -0.4 is 5.32 Å². The summed E-state index contributed by atoms with van der Waals surface area (Å²) in [5.74, 6) is 0.228. The van der Waals surface area contributed by atoms with Crippen LogP contribution >= 0.6 is 0 Å². The van der Waals surface area contributed by atoms with E-state index in [1.165, 1.54) is 5.56 Å². The molecule has 0 spiro atoms. The summed E-state index contributed by atoms with van der Waals surface area (Å²) in [5.41, 5.74) is 3.53. The Morgan fingerprint density at radius 3 is 2.66 bits per heavy atom. The van der Waals surface area contributed by atoms with Crippen LogP contribution in [0.1, 0.15) is 40.4 Å². The number of para-hydroxylation sites is 1. The van der Waals surface area contributed by atoms with Crippen molar-refractivity contribution in [3.05, 3.63) is 77.5 Å². The SMILES string of the molecule is CNC(=O)c1cc(C2CCN(C(=O)CCc3ccccc3)C2)nc2ccccc12. The highest BCUT2D eigenvalue weighted by Crippen LogP contribution is 2.29. The topological polar surface area (TPSA) is 62.3 Å². The summed E-state index contributed by atoms with van der Waals surface area (Å²) in [4.78, 5) is 31.8. The van der Waals surface area contributed by atoms with E-state index in [1.807, 2.05) is 53.4 Å². The lowest BCUT2D eigenvalue weighted by Gasteiger charge is -2.17. The van der Waals surface area contributed by atoms with Crippen LogP contribution in [0.5, 0.6) is 0 Å². The summed E-state index contributed by atoms with van der Waals surface area (Å²) in [6, 6.07) is 19.7. The summed E-state index contributed by atoms with van der Waals surface area (Å²) in [5, 5.41) is 3.57. The first kappa shape index (κ1) is 19.1. The molecule has 29 heavy (non-hydrogen) atoms. The van der Waals surface area contributed by atoms with Gasteiger partial charge in [0.25, 0.3) is 5.91 Å². The average molecular weight is 387 g/mol. The van der Waals surface area contributed by atoms with Crippen molar-refractivity contribution in [2.24, 2.45) is 0 Å². The molecule has 4 rings (SSSR count). The normalized spacial score (nSPS) is 16.2. The number of hydrogen-bond acceptors (Lipinski definition) is 3. The second-order valence-corrected chi connectivity index (χ2v) is 7.50. The Morgan fingerprint density at radius 1 is 1.10 bits per heavy atom. The molecule has 0 radical (unpaired) electrons. The number of carbonyl (C=O) groups excluding carboxylic acids is 2. The van der Waals surface area contributed by atoms with Crippen LogP contribution in [0.2, 0.25) is 0 Å². The van der Waals surface area contributed by atoms with Crippen molar-refractivity contribution in [1.29, 1.82) is 0 Å². The number of nitrogens with one attached hydrogen (secondary N) is 1. The van der Waals surface area contributed by atoms with E-state index in [2.05, 4.69) is 17.4 Å². The van der Waals surface area contributed by atoms with Gasteiger partial charge in [0.05, 0.1) is 11.1 Å². The second kappa shape index (κ2) is 8.43. The Kier molecular flexibility index (Phi) is 5.56. The minimum absolute atomic E-state index is 0.112. The van der Waals surface area contributed by atoms with Gasteiger partial charge in [-0.05, 0) is 30.5 Å². The molecular weight excluding hydrogens is 362 g/mol. The van der Waals surface area contributed by atoms with Crippen molar-refractivity contribution in [1.82, 2.24) is 15.2 Å². The maximum absolute atomic E-state index is 12.7. The van der Waals surface area contributed by atoms with Crippen molar-refractivity contribution in [2.45, 2.75) is 25.2 Å². The Hall–Kier alpha value is -3.21. The quantitative estimate of drug-likeness (QED) is 0.728. The molecule has 1 fully saturated rings. The fourth-order valence-corrected chi connectivity index (χ4v) is 4.01. The van der Waals surface area contributed by atoms with Gasteiger partial charge in [0.15, 0.2) is 0 Å². The lowest BCUT2D eigenvalue weighted by Crippen LogP contribution is -2.28. The predicted molar refractivity (Wildman–Crippen MR) is 114 cm³/mol. The molecule has 1 saturated heterocycles. The van der Waals surface area contributed by atoms with Gasteiger partial charge in [-0.15, -0.1) is 0 Å². The van der Waals surface area contributed by atoms with Gasteiger partial charge >= 0.3 is 0 Å². The summed E-state index contributed by atoms with van der Waals surface area (Å²) in [7, 11) is 1.64. The van der Waals surface area contributed by atoms with Crippen molar-refractivity contribution in [3.63, 3.8) is 0 Å². The van der Waals surface area contributed by atoms with Crippen LogP contribution in [-0.4, -0.2) is 41.8 Å². The van der Waals surface area contributed by atoms with E-state index in [1.54, 1.807) is 7.05 Å². The molecule has 1 aliphatic heterocycles. The Balaban J connectivity index is 1.49. The molecule has 1 aromatic heterocycles. The molecule has 2 heterocycles. The smallest absolute Gasteiger partial charge is 0.251 e. The Morgan fingerprint density at radius 2 is 1.86 bits per heavy atom. The first-order chi connectivity index (χ1) is 14.2. The van der Waals surface area contributed by atoms with Crippen LogP contribution in [0.3, 0.4) is 0 Å². The number of nitrogens with zero attached hydrogens (tertiary/aromatic N) is 2. The molecule has 0 bridgehead atoms. The van der Waals surface area contributed by atoms with Crippen LogP contribution in [0.25, 0.3) is 10.9 Å². The van der Waals surface area contributed by atoms with Gasteiger partial charge in [0.2, 0.25) is 5.91 Å². The molecule has 2 amide bonds. The van der Waals surface area contributed by atoms with Crippen molar-refractivity contribution < 1.29 is 9.59 Å². The van der Waals surface area contributed by atoms with E-state index in [0.29, 0.717) is 18.5 Å². The maximum atomic E-state index is 12.7. The molecule has 0 aliphatic carbocycles. The number of benzene rings is 2. The number of rotatable bonds is 5. The highest BCUT2D eigenvalue weighted by atomic mass is 16.2. The highest BCUT2D eigenvalue weighted by Gasteiger charge is 2.29. The molecule has 5 heteroatoms. The molecule has 148 valence electrons. The van der Waals surface area contributed by atoms with Gasteiger partial charge in [0, 0.05) is 43.6 Å². The summed E-state index contributed by atoms with van der Waals surface area (Å²) >= 11 is 0. The number of likely N-dealkylation sites (tertiary alicyclic amines) is 1. The lowest BCUT2D eigenvalue weighted by molar-refractivity contribution is -0.130. The zero-order valence-electron chi connectivity index (χ0n) is 16.6. The first-order valence-electron chi connectivity index (χ1n) is 10.1. The molecule has 1 N–H and O–H groups in total. The molecule has 1 atom stereocenters. The fourth-order valence-electron chi connectivity index (χ4n) is 4.01. The molecule has 2 aromatic carbocycles. The second-order valence-electron chi connectivity index (χ2n) is 7.50. The third-order valence-corrected chi connectivity index (χ3v) is 5.64. The highest BCUT2D eigenvalue weighted by molar-refractivity contribution is 6.06. The molecule has 0 saturated carbocycles. The molecular formula is C24H25N3O2. The van der Waals surface area contributed by atoms with E-state index in [0.717, 1.165) is 36.0 Å². The largest absolute Gasteiger partial charge is 0.355 e. The Bertz CT molecular complexity index is 1030. The summed E-state index contributed by atoms with van der Waals surface area (Å²) in [6.45, 7) is 1.40. The number of carbonyl (C=O) groups is 2. The average Bonchev–Trinajstić information content (AvgIpc) is 3.27. The van der Waals surface area contributed by atoms with Crippen molar-refractivity contribution in [3.8, 4) is 0 Å². The van der Waals surface area contributed by atoms with E-state index in [9.17, 15) is 9.59 Å². The van der Waals surface area contributed by atoms with Crippen LogP contribution in [0, 0.1) is 0 Å². The summed E-state index contributed by atoms with van der Waals surface area (Å²) < 4.78 is 0. The van der Waals surface area contributed by atoms with Gasteiger partial charge in [-0.2, -0.15) is 0 Å². The molecule has 5 nitrogen and oxygen atoms in total. The number of aryl methyl sites for hydroxylation is 1. The minimum Gasteiger partial charge on any atom is -0.355 e. The van der Waals surface area contributed by atoms with Gasteiger partial charge in [-0.3, -0.25) is 14.6 Å². The van der Waals surface area contributed by atoms with E-state index in [-0.39, 0.29) is 17.7 Å². The molecule has 1 aliphatic rings. The standard InChI is InChI=1S/C24H25N3O2/c1-25-24(29)20-15-22(26-21-10-6-5-9-19(20)21)18-13-14-27(16-18)23(28)12-11-17-7-3-2-4-8-17/h2-10,15,18H,11-14,16H2,1H3,(H,25,29). The van der Waals surface area contributed by atoms with Crippen LogP contribution in [-0.2, 0) is 11.2 Å². The van der Waals surface area contributed by atoms with E-state index in [4.69, 9.17) is 4.98 Å². The van der Waals surface area contributed by atoms with Gasteiger partial charge < -0.3 is 10.2 Å². The number of pyridine rings is 1. The predicted octanol–water partition coefficient (Wildman–Crippen LogP) is 3.54. The maximum Gasteiger partial charge on any atom is 0.251 e. The number of aromatic nitrogens is 1. The van der Waals surface area contributed by atoms with Gasteiger partial charge in [-0.25, -0.2) is 0 Å². The van der Waals surface area contributed by atoms with E-state index < -0.39 is 0 Å². The molecule has 3 aromatic rings. The number of amides is 2. The first-order valence-corrected chi connectivity index (χ1v) is 10.1. The third-order valence-electron chi connectivity index (χ3n) is 5.64. The zero-order chi connectivity index (χ0) is 20.2. The van der Waals surface area contributed by atoms with Crippen molar-refractivity contribution in [2.75, 3.05) is 20.1 Å². The van der Waals surface area contributed by atoms with Gasteiger partial charge in [-0.1, -0.05) is 48.5 Å². The third kappa shape index (κ3) is 4.14. The van der Waals surface area contributed by atoms with Crippen LogP contribution in [0.15, 0.2) is 60.7 Å². The van der Waals surface area contributed by atoms with Crippen molar-refractivity contribution >= 4 is 22.7 Å². The number of hydrogen-bond donors (Lipinski definition) is 1. The number of fused-ring (bicyclic) bond motifs is 1. The molecule has 1 unspecified atom stereocenters. The van der Waals surface area contributed by atoms with E-state index >= 15 is 0 Å². The van der Waals surface area contributed by atoms with Crippen LogP contribution in [0.4, 0.5) is 0 Å². The monoisotopic (exact) mass is 387 g/mol. The lowest BCUT2D eigenvalue weighted by atomic mass is 9.99. The fraction of sp³-hybridized carbons (Fsp3) is 0.292. The summed E-state index contributed by atoms with van der Waals surface area (Å²) in [6.07, 6.45) is 2.15. The van der Waals surface area contributed by atoms with Gasteiger partial charge in [0.1, 0.15) is 0 Å². The minimum atomic E-state index is -0.112. The Labute approximate surface area is 170 Å². The zero-order valence-corrected chi connectivity index (χ0v) is 16.6.